The van der Waals surface area contributed by atoms with Crippen LogP contribution in [0, 0.1) is 5.92 Å². The van der Waals surface area contributed by atoms with Gasteiger partial charge in [0.1, 0.15) is 11.5 Å². The number of hydrogen-bond donors (Lipinski definition) is 0. The molecule has 1 saturated heterocycles. The van der Waals surface area contributed by atoms with Crippen LogP contribution in [-0.4, -0.2) is 49.1 Å². The molecule has 1 aromatic rings. The number of rotatable bonds is 5. The Kier molecular flexibility index (Phi) is 5.26. The number of ether oxygens (including phenoxy) is 2. The molecule has 5 heteroatoms. The Balaban J connectivity index is 0.00000192. The molecule has 0 N–H and O–H groups in total. The molecule has 0 aromatic heterocycles. The van der Waals surface area contributed by atoms with E-state index in [-0.39, 0.29) is 23.4 Å². The molecule has 2 saturated carbocycles. The number of nitrogens with zero attached hydrogens (tertiary/aromatic N) is 1. The fraction of sp³-hybridized carbons (Fsp3) is 0.696. The Hall–Kier alpha value is -1.10. The van der Waals surface area contributed by atoms with Gasteiger partial charge in [0.2, 0.25) is 0 Å². The standard InChI is InChI=1S/C23H31NO3.ClH/c1-3-27-23-9-8-18(25)14-22(23)10-11-24(15-16-4-5-16)21(23)12-17-6-7-19(26-2)13-20(17)22;/h6-7,13,16,21H,3-5,8-12,14-15H2,1-2H3;1H/t21-,22-,23-;/m1./s1. The lowest BCUT2D eigenvalue weighted by Gasteiger charge is -2.65. The van der Waals surface area contributed by atoms with Crippen molar-refractivity contribution in [3.63, 3.8) is 0 Å². The third-order valence-electron chi connectivity index (χ3n) is 7.73. The van der Waals surface area contributed by atoms with E-state index in [0.717, 1.165) is 37.5 Å². The van der Waals surface area contributed by atoms with Gasteiger partial charge in [-0.3, -0.25) is 9.69 Å². The summed E-state index contributed by atoms with van der Waals surface area (Å²) < 4.78 is 12.3. The zero-order chi connectivity index (χ0) is 18.6. The first-order chi connectivity index (χ1) is 13.1. The maximum atomic E-state index is 12.7. The summed E-state index contributed by atoms with van der Waals surface area (Å²) in [6.07, 6.45) is 6.95. The molecule has 154 valence electrons. The highest BCUT2D eigenvalue weighted by atomic mass is 35.5. The molecular formula is C23H32ClNO3. The molecule has 0 spiro atoms. The van der Waals surface area contributed by atoms with Gasteiger partial charge in [0, 0.05) is 37.5 Å². The second-order valence-electron chi connectivity index (χ2n) is 9.05. The zero-order valence-electron chi connectivity index (χ0n) is 17.0. The van der Waals surface area contributed by atoms with E-state index in [1.807, 2.05) is 0 Å². The van der Waals surface area contributed by atoms with Gasteiger partial charge in [0.25, 0.3) is 0 Å². The first kappa shape index (κ1) is 20.2. The van der Waals surface area contributed by atoms with E-state index in [0.29, 0.717) is 31.3 Å². The molecule has 0 unspecified atom stereocenters. The number of methoxy groups -OCH3 is 1. The number of piperidine rings is 1. The summed E-state index contributed by atoms with van der Waals surface area (Å²) in [6.45, 7) is 5.11. The van der Waals surface area contributed by atoms with E-state index >= 15 is 0 Å². The molecule has 4 aliphatic rings. The van der Waals surface area contributed by atoms with Gasteiger partial charge in [-0.1, -0.05) is 6.07 Å². The molecule has 2 bridgehead atoms. The normalized spacial score (nSPS) is 34.2. The second-order valence-corrected chi connectivity index (χ2v) is 9.05. The number of carbonyl (C=O) groups excluding carboxylic acids is 1. The van der Waals surface area contributed by atoms with Crippen LogP contribution in [0.3, 0.4) is 0 Å². The maximum absolute atomic E-state index is 12.7. The van der Waals surface area contributed by atoms with Crippen LogP contribution in [0.4, 0.5) is 0 Å². The van der Waals surface area contributed by atoms with Crippen LogP contribution in [0.2, 0.25) is 0 Å². The molecule has 28 heavy (non-hydrogen) atoms. The third kappa shape index (κ3) is 2.83. The van der Waals surface area contributed by atoms with Gasteiger partial charge in [-0.05, 0) is 74.8 Å². The summed E-state index contributed by atoms with van der Waals surface area (Å²) in [5.74, 6) is 2.17. The van der Waals surface area contributed by atoms with Crippen molar-refractivity contribution in [2.75, 3.05) is 26.8 Å². The van der Waals surface area contributed by atoms with Crippen LogP contribution >= 0.6 is 12.4 Å². The highest BCUT2D eigenvalue weighted by molar-refractivity contribution is 5.85. The summed E-state index contributed by atoms with van der Waals surface area (Å²) >= 11 is 0. The van der Waals surface area contributed by atoms with Crippen molar-refractivity contribution < 1.29 is 14.3 Å². The van der Waals surface area contributed by atoms with E-state index in [1.165, 1.54) is 30.5 Å². The summed E-state index contributed by atoms with van der Waals surface area (Å²) in [5.41, 5.74) is 2.30. The number of halogens is 1. The second kappa shape index (κ2) is 7.30. The highest BCUT2D eigenvalue weighted by Crippen LogP contribution is 2.59. The Morgan fingerprint density at radius 1 is 1.25 bits per heavy atom. The number of fused-ring (bicyclic) bond motifs is 1. The molecule has 3 atom stereocenters. The van der Waals surface area contributed by atoms with Crippen molar-refractivity contribution in [2.45, 2.75) is 68.9 Å². The van der Waals surface area contributed by atoms with E-state index in [2.05, 4.69) is 30.0 Å². The van der Waals surface area contributed by atoms with Crippen molar-refractivity contribution in [3.8, 4) is 5.75 Å². The summed E-state index contributed by atoms with van der Waals surface area (Å²) in [5, 5.41) is 0. The molecule has 3 aliphatic carbocycles. The summed E-state index contributed by atoms with van der Waals surface area (Å²) in [6, 6.07) is 6.91. The lowest BCUT2D eigenvalue weighted by Crippen LogP contribution is -2.74. The minimum absolute atomic E-state index is 0. The number of carbonyl (C=O) groups is 1. The number of hydrogen-bond acceptors (Lipinski definition) is 4. The number of benzene rings is 1. The van der Waals surface area contributed by atoms with E-state index in [4.69, 9.17) is 9.47 Å². The first-order valence-corrected chi connectivity index (χ1v) is 10.7. The quantitative estimate of drug-likeness (QED) is 0.744. The average Bonchev–Trinajstić information content (AvgIpc) is 3.48. The summed E-state index contributed by atoms with van der Waals surface area (Å²) in [7, 11) is 1.73. The third-order valence-corrected chi connectivity index (χ3v) is 7.73. The van der Waals surface area contributed by atoms with E-state index in [9.17, 15) is 4.79 Å². The molecule has 3 fully saturated rings. The van der Waals surface area contributed by atoms with E-state index < -0.39 is 0 Å². The van der Waals surface area contributed by atoms with Crippen LogP contribution in [0.15, 0.2) is 18.2 Å². The van der Waals surface area contributed by atoms with Gasteiger partial charge in [-0.15, -0.1) is 12.4 Å². The Morgan fingerprint density at radius 3 is 2.79 bits per heavy atom. The molecule has 1 aliphatic heterocycles. The van der Waals surface area contributed by atoms with Crippen LogP contribution in [0.1, 0.15) is 56.6 Å². The van der Waals surface area contributed by atoms with Crippen molar-refractivity contribution in [1.82, 2.24) is 4.90 Å². The Morgan fingerprint density at radius 2 is 2.07 bits per heavy atom. The minimum Gasteiger partial charge on any atom is -0.497 e. The fourth-order valence-electron chi connectivity index (χ4n) is 6.39. The van der Waals surface area contributed by atoms with Crippen LogP contribution in [0.25, 0.3) is 0 Å². The largest absolute Gasteiger partial charge is 0.497 e. The smallest absolute Gasteiger partial charge is 0.134 e. The minimum atomic E-state index is -0.234. The van der Waals surface area contributed by atoms with Gasteiger partial charge in [-0.2, -0.15) is 0 Å². The average molecular weight is 406 g/mol. The molecule has 0 amide bonds. The SMILES string of the molecule is CCO[C@@]12CCC(=O)C[C@@]13CCN(CC1CC1)[C@@H]2Cc1ccc(OC)cc13.Cl. The number of ketones is 1. The van der Waals surface area contributed by atoms with Crippen LogP contribution < -0.4 is 4.74 Å². The molecule has 4 nitrogen and oxygen atoms in total. The predicted molar refractivity (Wildman–Crippen MR) is 112 cm³/mol. The maximum Gasteiger partial charge on any atom is 0.134 e. The highest BCUT2D eigenvalue weighted by Gasteiger charge is 2.66. The summed E-state index contributed by atoms with van der Waals surface area (Å²) in [4.78, 5) is 15.4. The number of likely N-dealkylation sites (tertiary alicyclic amines) is 1. The molecular weight excluding hydrogens is 374 g/mol. The van der Waals surface area contributed by atoms with Crippen molar-refractivity contribution >= 4 is 18.2 Å². The van der Waals surface area contributed by atoms with Crippen molar-refractivity contribution in [2.24, 2.45) is 5.92 Å². The van der Waals surface area contributed by atoms with Crippen molar-refractivity contribution in [3.05, 3.63) is 29.3 Å². The fourth-order valence-corrected chi connectivity index (χ4v) is 6.39. The predicted octanol–water partition coefficient (Wildman–Crippen LogP) is 3.92. The van der Waals surface area contributed by atoms with E-state index in [1.54, 1.807) is 7.11 Å². The lowest BCUT2D eigenvalue weighted by atomic mass is 9.49. The van der Waals surface area contributed by atoms with Gasteiger partial charge < -0.3 is 9.47 Å². The Labute approximate surface area is 174 Å². The zero-order valence-corrected chi connectivity index (χ0v) is 17.9. The Bertz CT molecular complexity index is 764. The van der Waals surface area contributed by atoms with Gasteiger partial charge in [0.15, 0.2) is 0 Å². The van der Waals surface area contributed by atoms with Gasteiger partial charge in [0.05, 0.1) is 12.7 Å². The molecule has 1 heterocycles. The topological polar surface area (TPSA) is 38.8 Å². The first-order valence-electron chi connectivity index (χ1n) is 10.7. The van der Waals surface area contributed by atoms with Crippen LogP contribution in [-0.2, 0) is 21.4 Å². The molecule has 5 rings (SSSR count). The van der Waals surface area contributed by atoms with Gasteiger partial charge >= 0.3 is 0 Å². The molecule has 0 radical (unpaired) electrons. The molecule has 1 aromatic carbocycles. The lowest BCUT2D eigenvalue weighted by molar-refractivity contribution is -0.198. The van der Waals surface area contributed by atoms with Gasteiger partial charge in [-0.25, -0.2) is 0 Å². The monoisotopic (exact) mass is 405 g/mol. The van der Waals surface area contributed by atoms with Crippen LogP contribution in [0.5, 0.6) is 5.75 Å². The number of Topliss-reactive ketones (excluding diaryl/α,β-unsaturated/α-hetero) is 1. The van der Waals surface area contributed by atoms with Crippen molar-refractivity contribution in [1.29, 1.82) is 0 Å².